The molecule has 7 nitrogen and oxygen atoms in total. The minimum Gasteiger partial charge on any atom is -0.492 e. The van der Waals surface area contributed by atoms with E-state index in [1.807, 2.05) is 36.5 Å². The van der Waals surface area contributed by atoms with Crippen molar-refractivity contribution in [3.63, 3.8) is 0 Å². The molecule has 0 aliphatic heterocycles. The van der Waals surface area contributed by atoms with Crippen LogP contribution in [0.15, 0.2) is 48.9 Å². The average Bonchev–Trinajstić information content (AvgIpc) is 3.02. The topological polar surface area (TPSA) is 94.5 Å². The number of hydrogen-bond donors (Lipinski definition) is 2. The van der Waals surface area contributed by atoms with Crippen LogP contribution in [0.4, 0.5) is 0 Å². The Morgan fingerprint density at radius 2 is 2.25 bits per heavy atom. The SMILES string of the molecule is NCCOc1cccc(CC(=O)NCc2cnn3cccnc23)c1. The normalized spacial score (nSPS) is 10.7. The Morgan fingerprint density at radius 1 is 1.33 bits per heavy atom. The number of nitrogens with one attached hydrogen (secondary N) is 1. The summed E-state index contributed by atoms with van der Waals surface area (Å²) in [6, 6.07) is 9.27. The Hall–Kier alpha value is -2.93. The summed E-state index contributed by atoms with van der Waals surface area (Å²) in [5.41, 5.74) is 7.93. The fourth-order valence-corrected chi connectivity index (χ4v) is 2.36. The number of hydrogen-bond acceptors (Lipinski definition) is 5. The molecule has 0 unspecified atom stereocenters. The third kappa shape index (κ3) is 3.88. The molecule has 24 heavy (non-hydrogen) atoms. The maximum Gasteiger partial charge on any atom is 0.224 e. The number of rotatable bonds is 7. The Balaban J connectivity index is 1.58. The first-order valence-electron chi connectivity index (χ1n) is 7.72. The highest BCUT2D eigenvalue weighted by molar-refractivity contribution is 5.78. The van der Waals surface area contributed by atoms with E-state index in [2.05, 4.69) is 15.4 Å². The third-order valence-corrected chi connectivity index (χ3v) is 3.48. The van der Waals surface area contributed by atoms with Gasteiger partial charge in [-0.05, 0) is 23.8 Å². The fourth-order valence-electron chi connectivity index (χ4n) is 2.36. The number of aromatic nitrogens is 3. The lowest BCUT2D eigenvalue weighted by molar-refractivity contribution is -0.120. The van der Waals surface area contributed by atoms with E-state index >= 15 is 0 Å². The molecule has 0 spiro atoms. The maximum absolute atomic E-state index is 12.1. The molecule has 3 N–H and O–H groups in total. The monoisotopic (exact) mass is 325 g/mol. The van der Waals surface area contributed by atoms with Gasteiger partial charge in [0.05, 0.1) is 12.6 Å². The third-order valence-electron chi connectivity index (χ3n) is 3.48. The summed E-state index contributed by atoms with van der Waals surface area (Å²) in [5, 5.41) is 7.09. The van der Waals surface area contributed by atoms with Gasteiger partial charge >= 0.3 is 0 Å². The summed E-state index contributed by atoms with van der Waals surface area (Å²) in [5.74, 6) is 0.652. The molecule has 0 aliphatic rings. The van der Waals surface area contributed by atoms with E-state index in [-0.39, 0.29) is 12.3 Å². The van der Waals surface area contributed by atoms with Gasteiger partial charge in [-0.1, -0.05) is 12.1 Å². The van der Waals surface area contributed by atoms with E-state index in [0.717, 1.165) is 22.5 Å². The molecule has 2 heterocycles. The van der Waals surface area contributed by atoms with Crippen LogP contribution < -0.4 is 15.8 Å². The number of benzene rings is 1. The highest BCUT2D eigenvalue weighted by Crippen LogP contribution is 2.14. The zero-order chi connectivity index (χ0) is 16.8. The number of nitrogens with zero attached hydrogens (tertiary/aromatic N) is 3. The van der Waals surface area contributed by atoms with Gasteiger partial charge in [-0.3, -0.25) is 4.79 Å². The molecule has 0 saturated heterocycles. The van der Waals surface area contributed by atoms with Crippen molar-refractivity contribution in [2.75, 3.05) is 13.2 Å². The second-order valence-electron chi connectivity index (χ2n) is 5.30. The van der Waals surface area contributed by atoms with Crippen LogP contribution in [0.25, 0.3) is 5.65 Å². The molecule has 1 aromatic carbocycles. The zero-order valence-electron chi connectivity index (χ0n) is 13.2. The van der Waals surface area contributed by atoms with Crippen LogP contribution in [0, 0.1) is 0 Å². The van der Waals surface area contributed by atoms with Crippen molar-refractivity contribution in [1.29, 1.82) is 0 Å². The fraction of sp³-hybridized carbons (Fsp3) is 0.235. The van der Waals surface area contributed by atoms with Gasteiger partial charge in [-0.2, -0.15) is 5.10 Å². The van der Waals surface area contributed by atoms with Crippen LogP contribution in [0.5, 0.6) is 5.75 Å². The summed E-state index contributed by atoms with van der Waals surface area (Å²) in [6.45, 7) is 1.30. The van der Waals surface area contributed by atoms with Crippen LogP contribution in [0.1, 0.15) is 11.1 Å². The molecule has 2 aromatic heterocycles. The molecule has 0 saturated carbocycles. The first kappa shape index (κ1) is 15.9. The smallest absolute Gasteiger partial charge is 0.224 e. The molecular formula is C17H19N5O2. The number of amides is 1. The number of carbonyl (C=O) groups is 1. The molecule has 0 atom stereocenters. The highest BCUT2D eigenvalue weighted by atomic mass is 16.5. The summed E-state index contributed by atoms with van der Waals surface area (Å²) in [6.07, 6.45) is 5.52. The summed E-state index contributed by atoms with van der Waals surface area (Å²) in [4.78, 5) is 16.4. The minimum atomic E-state index is -0.0683. The summed E-state index contributed by atoms with van der Waals surface area (Å²) >= 11 is 0. The van der Waals surface area contributed by atoms with E-state index in [0.29, 0.717) is 19.7 Å². The largest absolute Gasteiger partial charge is 0.492 e. The number of ether oxygens (including phenoxy) is 1. The second-order valence-corrected chi connectivity index (χ2v) is 5.30. The average molecular weight is 325 g/mol. The van der Waals surface area contributed by atoms with Crippen molar-refractivity contribution in [3.05, 3.63) is 60.0 Å². The van der Waals surface area contributed by atoms with Crippen molar-refractivity contribution < 1.29 is 9.53 Å². The lowest BCUT2D eigenvalue weighted by Crippen LogP contribution is -2.24. The Bertz CT molecular complexity index is 830. The van der Waals surface area contributed by atoms with Gasteiger partial charge in [0.15, 0.2) is 5.65 Å². The van der Waals surface area contributed by atoms with E-state index in [1.165, 1.54) is 0 Å². The molecule has 1 amide bonds. The number of fused-ring (bicyclic) bond motifs is 1. The van der Waals surface area contributed by atoms with E-state index in [4.69, 9.17) is 10.5 Å². The van der Waals surface area contributed by atoms with Gasteiger partial charge in [0.2, 0.25) is 5.91 Å². The van der Waals surface area contributed by atoms with Crippen LogP contribution in [0.3, 0.4) is 0 Å². The van der Waals surface area contributed by atoms with Gasteiger partial charge in [0, 0.05) is 31.0 Å². The summed E-state index contributed by atoms with van der Waals surface area (Å²) < 4.78 is 7.15. The Kier molecular flexibility index (Phi) is 5.02. The first-order chi connectivity index (χ1) is 11.8. The standard InChI is InChI=1S/C17H19N5O2/c18-5-8-24-15-4-1-3-13(9-15)10-16(23)20-11-14-12-21-22-7-2-6-19-17(14)22/h1-4,6-7,9,12H,5,8,10-11,18H2,(H,20,23). The van der Waals surface area contributed by atoms with Crippen molar-refractivity contribution in [1.82, 2.24) is 19.9 Å². The molecular weight excluding hydrogens is 306 g/mol. The van der Waals surface area contributed by atoms with E-state index < -0.39 is 0 Å². The maximum atomic E-state index is 12.1. The van der Waals surface area contributed by atoms with Crippen molar-refractivity contribution in [3.8, 4) is 5.75 Å². The molecule has 0 radical (unpaired) electrons. The molecule has 0 bridgehead atoms. The van der Waals surface area contributed by atoms with E-state index in [1.54, 1.807) is 16.9 Å². The van der Waals surface area contributed by atoms with Crippen molar-refractivity contribution >= 4 is 11.6 Å². The van der Waals surface area contributed by atoms with Crippen LogP contribution in [0.2, 0.25) is 0 Å². The van der Waals surface area contributed by atoms with E-state index in [9.17, 15) is 4.79 Å². The van der Waals surface area contributed by atoms with Gasteiger partial charge in [0.25, 0.3) is 0 Å². The van der Waals surface area contributed by atoms with Crippen molar-refractivity contribution in [2.45, 2.75) is 13.0 Å². The molecule has 124 valence electrons. The van der Waals surface area contributed by atoms with Crippen LogP contribution in [-0.4, -0.2) is 33.7 Å². The molecule has 3 rings (SSSR count). The van der Waals surface area contributed by atoms with Gasteiger partial charge in [-0.25, -0.2) is 9.50 Å². The Morgan fingerprint density at radius 3 is 3.12 bits per heavy atom. The molecule has 3 aromatic rings. The predicted octanol–water partition coefficient (Wildman–Crippen LogP) is 0.926. The van der Waals surface area contributed by atoms with Gasteiger partial charge in [0.1, 0.15) is 12.4 Å². The number of carbonyl (C=O) groups excluding carboxylic acids is 1. The van der Waals surface area contributed by atoms with Gasteiger partial charge < -0.3 is 15.8 Å². The summed E-state index contributed by atoms with van der Waals surface area (Å²) in [7, 11) is 0. The predicted molar refractivity (Wildman–Crippen MR) is 89.5 cm³/mol. The number of nitrogens with two attached hydrogens (primary N) is 1. The lowest BCUT2D eigenvalue weighted by Gasteiger charge is -2.07. The van der Waals surface area contributed by atoms with Crippen molar-refractivity contribution in [2.24, 2.45) is 5.73 Å². The lowest BCUT2D eigenvalue weighted by atomic mass is 10.1. The first-order valence-corrected chi connectivity index (χ1v) is 7.72. The molecule has 0 fully saturated rings. The molecule has 0 aliphatic carbocycles. The van der Waals surface area contributed by atoms with Crippen LogP contribution in [-0.2, 0) is 17.8 Å². The molecule has 7 heteroatoms. The minimum absolute atomic E-state index is 0.0683. The Labute approximate surface area is 139 Å². The highest BCUT2D eigenvalue weighted by Gasteiger charge is 2.08. The quantitative estimate of drug-likeness (QED) is 0.674. The van der Waals surface area contributed by atoms with Gasteiger partial charge in [-0.15, -0.1) is 0 Å². The second kappa shape index (κ2) is 7.56. The van der Waals surface area contributed by atoms with Crippen LogP contribution >= 0.6 is 0 Å². The zero-order valence-corrected chi connectivity index (χ0v) is 13.2.